The van der Waals surface area contributed by atoms with Gasteiger partial charge in [-0.1, -0.05) is 49.4 Å². The maximum absolute atomic E-state index is 13.7. The average Bonchev–Trinajstić information content (AvgIpc) is 2.61. The molecule has 0 saturated carbocycles. The maximum atomic E-state index is 13.7. The number of hydrogen-bond acceptors (Lipinski definition) is 2. The molecule has 0 fully saturated rings. The van der Waals surface area contributed by atoms with Crippen molar-refractivity contribution in [3.63, 3.8) is 0 Å². The first kappa shape index (κ1) is 20.0. The lowest BCUT2D eigenvalue weighted by Gasteiger charge is -2.29. The molecule has 0 aliphatic rings. The number of hydrogen-bond donors (Lipinski definition) is 0. The van der Waals surface area contributed by atoms with E-state index < -0.39 is 29.6 Å². The van der Waals surface area contributed by atoms with Crippen molar-refractivity contribution in [2.75, 3.05) is 0 Å². The van der Waals surface area contributed by atoms with Gasteiger partial charge in [0.1, 0.15) is 17.1 Å². The van der Waals surface area contributed by atoms with Crippen molar-refractivity contribution in [3.05, 3.63) is 77.7 Å². The fourth-order valence-corrected chi connectivity index (χ4v) is 3.41. The molecule has 0 aliphatic carbocycles. The van der Waals surface area contributed by atoms with E-state index in [9.17, 15) is 22.4 Å². The summed E-state index contributed by atoms with van der Waals surface area (Å²) in [7, 11) is 0. The molecule has 0 bridgehead atoms. The Labute approximate surface area is 160 Å². The largest absolute Gasteiger partial charge is 0.390 e. The second-order valence-corrected chi connectivity index (χ2v) is 7.27. The number of pyridine rings is 1. The molecule has 3 aromatic rings. The van der Waals surface area contributed by atoms with Crippen LogP contribution in [0, 0.1) is 11.2 Å². The summed E-state index contributed by atoms with van der Waals surface area (Å²) in [6.45, 7) is 1.35. The van der Waals surface area contributed by atoms with E-state index >= 15 is 0 Å². The van der Waals surface area contributed by atoms with Crippen molar-refractivity contribution in [2.45, 2.75) is 32.4 Å². The number of carbonyl (C=O) groups is 1. The van der Waals surface area contributed by atoms with Crippen LogP contribution in [0.15, 0.2) is 60.8 Å². The first-order valence-corrected chi connectivity index (χ1v) is 8.83. The van der Waals surface area contributed by atoms with Crippen LogP contribution >= 0.6 is 0 Å². The van der Waals surface area contributed by atoms with Gasteiger partial charge in [0, 0.05) is 23.4 Å². The number of rotatable bonds is 6. The zero-order chi connectivity index (χ0) is 20.4. The molecule has 0 aliphatic heterocycles. The molecule has 2 aromatic carbocycles. The SMILES string of the molecule is C[C@@](Cc1ccccc1)(CC(F)(F)F)C(=O)Cc1cnc2c(F)cccc2c1. The minimum Gasteiger partial charge on any atom is -0.299 e. The van der Waals surface area contributed by atoms with Crippen molar-refractivity contribution in [2.24, 2.45) is 5.41 Å². The molecule has 6 heteroatoms. The van der Waals surface area contributed by atoms with Crippen LogP contribution < -0.4 is 0 Å². The molecular formula is C22H19F4NO. The lowest BCUT2D eigenvalue weighted by Crippen LogP contribution is -2.36. The van der Waals surface area contributed by atoms with Crippen LogP contribution in [0.4, 0.5) is 17.6 Å². The van der Waals surface area contributed by atoms with Crippen molar-refractivity contribution in [1.29, 1.82) is 0 Å². The molecule has 28 heavy (non-hydrogen) atoms. The van der Waals surface area contributed by atoms with E-state index in [1.807, 2.05) is 0 Å². The second kappa shape index (κ2) is 7.70. The Morgan fingerprint density at radius 3 is 2.39 bits per heavy atom. The van der Waals surface area contributed by atoms with Crippen molar-refractivity contribution >= 4 is 16.7 Å². The van der Waals surface area contributed by atoms with E-state index in [4.69, 9.17) is 0 Å². The molecular weight excluding hydrogens is 370 g/mol. The number of ketones is 1. The van der Waals surface area contributed by atoms with Crippen LogP contribution in [0.2, 0.25) is 0 Å². The number of alkyl halides is 3. The van der Waals surface area contributed by atoms with E-state index in [1.165, 1.54) is 25.3 Å². The Morgan fingerprint density at radius 1 is 1.00 bits per heavy atom. The summed E-state index contributed by atoms with van der Waals surface area (Å²) < 4.78 is 53.3. The lowest BCUT2D eigenvalue weighted by molar-refractivity contribution is -0.165. The average molecular weight is 389 g/mol. The number of nitrogens with zero attached hydrogens (tertiary/aromatic N) is 1. The molecule has 3 rings (SSSR count). The van der Waals surface area contributed by atoms with E-state index in [-0.39, 0.29) is 18.4 Å². The highest BCUT2D eigenvalue weighted by Gasteiger charge is 2.43. The minimum absolute atomic E-state index is 0.0121. The Morgan fingerprint density at radius 2 is 1.71 bits per heavy atom. The Kier molecular flexibility index (Phi) is 5.49. The predicted molar refractivity (Wildman–Crippen MR) is 99.3 cm³/mol. The van der Waals surface area contributed by atoms with Gasteiger partial charge in [0.2, 0.25) is 0 Å². The van der Waals surface area contributed by atoms with Gasteiger partial charge in [-0.15, -0.1) is 0 Å². The number of aromatic nitrogens is 1. The molecule has 146 valence electrons. The first-order valence-electron chi connectivity index (χ1n) is 8.83. The third-order valence-electron chi connectivity index (χ3n) is 4.78. The van der Waals surface area contributed by atoms with Crippen molar-refractivity contribution in [1.82, 2.24) is 4.98 Å². The zero-order valence-electron chi connectivity index (χ0n) is 15.3. The van der Waals surface area contributed by atoms with Crippen LogP contribution in [0.3, 0.4) is 0 Å². The molecule has 0 amide bonds. The maximum Gasteiger partial charge on any atom is 0.390 e. The highest BCUT2D eigenvalue weighted by molar-refractivity contribution is 5.88. The number of halogens is 4. The van der Waals surface area contributed by atoms with Gasteiger partial charge in [-0.2, -0.15) is 13.2 Å². The molecule has 0 radical (unpaired) electrons. The zero-order valence-corrected chi connectivity index (χ0v) is 15.3. The van der Waals surface area contributed by atoms with Gasteiger partial charge in [0.25, 0.3) is 0 Å². The molecule has 0 N–H and O–H groups in total. The molecule has 1 atom stereocenters. The number of carbonyl (C=O) groups excluding carboxylic acids is 1. The summed E-state index contributed by atoms with van der Waals surface area (Å²) in [5.74, 6) is -1.01. The summed E-state index contributed by atoms with van der Waals surface area (Å²) in [5.41, 5.74) is -0.303. The quantitative estimate of drug-likeness (QED) is 0.507. The smallest absolute Gasteiger partial charge is 0.299 e. The minimum atomic E-state index is -4.47. The van der Waals surface area contributed by atoms with Crippen LogP contribution in [-0.4, -0.2) is 16.9 Å². The standard InChI is InChI=1S/C22H19F4NO/c1-21(14-22(24,25)26,12-15-6-3-2-4-7-15)19(28)11-16-10-17-8-5-9-18(23)20(17)27-13-16/h2-10,13H,11-12,14H2,1H3/t21-/m1/s1. The molecule has 2 nitrogen and oxygen atoms in total. The normalized spacial score (nSPS) is 14.0. The Balaban J connectivity index is 1.88. The van der Waals surface area contributed by atoms with E-state index in [1.54, 1.807) is 42.5 Å². The number of benzene rings is 2. The number of Topliss-reactive ketones (excluding diaryl/α,β-unsaturated/α-hetero) is 1. The van der Waals surface area contributed by atoms with Crippen LogP contribution in [0.5, 0.6) is 0 Å². The first-order chi connectivity index (χ1) is 13.2. The summed E-state index contributed by atoms with van der Waals surface area (Å²) in [6, 6.07) is 14.7. The van der Waals surface area contributed by atoms with Gasteiger partial charge in [-0.3, -0.25) is 9.78 Å². The van der Waals surface area contributed by atoms with Crippen molar-refractivity contribution < 1.29 is 22.4 Å². The highest BCUT2D eigenvalue weighted by atomic mass is 19.4. The van der Waals surface area contributed by atoms with Gasteiger partial charge in [0.15, 0.2) is 0 Å². The molecule has 0 spiro atoms. The molecule has 0 unspecified atom stereocenters. The Bertz CT molecular complexity index is 985. The number of fused-ring (bicyclic) bond motifs is 1. The van der Waals surface area contributed by atoms with E-state index in [2.05, 4.69) is 4.98 Å². The molecule has 1 heterocycles. The molecule has 0 saturated heterocycles. The summed E-state index contributed by atoms with van der Waals surface area (Å²) in [4.78, 5) is 16.9. The fraction of sp³-hybridized carbons (Fsp3) is 0.273. The van der Waals surface area contributed by atoms with Crippen molar-refractivity contribution in [3.8, 4) is 0 Å². The third kappa shape index (κ3) is 4.74. The summed E-state index contributed by atoms with van der Waals surface area (Å²) in [5, 5.41) is 0.505. The van der Waals surface area contributed by atoms with Crippen LogP contribution in [0.1, 0.15) is 24.5 Å². The topological polar surface area (TPSA) is 30.0 Å². The van der Waals surface area contributed by atoms with E-state index in [0.717, 1.165) is 0 Å². The third-order valence-corrected chi connectivity index (χ3v) is 4.78. The fourth-order valence-electron chi connectivity index (χ4n) is 3.41. The highest BCUT2D eigenvalue weighted by Crippen LogP contribution is 2.38. The Hall–Kier alpha value is -2.76. The van der Waals surface area contributed by atoms with E-state index in [0.29, 0.717) is 16.5 Å². The van der Waals surface area contributed by atoms with Gasteiger partial charge in [0.05, 0.1) is 6.42 Å². The second-order valence-electron chi connectivity index (χ2n) is 7.27. The summed E-state index contributed by atoms with van der Waals surface area (Å²) in [6.07, 6.45) is -4.53. The van der Waals surface area contributed by atoms with Crippen LogP contribution in [-0.2, 0) is 17.6 Å². The summed E-state index contributed by atoms with van der Waals surface area (Å²) >= 11 is 0. The lowest BCUT2D eigenvalue weighted by atomic mass is 9.75. The number of para-hydroxylation sites is 1. The van der Waals surface area contributed by atoms with Gasteiger partial charge in [-0.05, 0) is 29.7 Å². The van der Waals surface area contributed by atoms with Gasteiger partial charge < -0.3 is 0 Å². The monoisotopic (exact) mass is 389 g/mol. The van der Waals surface area contributed by atoms with Gasteiger partial charge >= 0.3 is 6.18 Å². The van der Waals surface area contributed by atoms with Crippen LogP contribution in [0.25, 0.3) is 10.9 Å². The van der Waals surface area contributed by atoms with Gasteiger partial charge in [-0.25, -0.2) is 4.39 Å². The molecule has 1 aromatic heterocycles. The predicted octanol–water partition coefficient (Wildman–Crippen LogP) is 5.69.